The average Bonchev–Trinajstić information content (AvgIpc) is 2.69. The molecule has 0 spiro atoms. The predicted octanol–water partition coefficient (Wildman–Crippen LogP) is 1.95. The molecule has 0 aliphatic heterocycles. The molecule has 0 bridgehead atoms. The first-order chi connectivity index (χ1) is 6.93. The molecule has 0 amide bonds. The van der Waals surface area contributed by atoms with Crippen LogP contribution < -0.4 is 5.32 Å². The Morgan fingerprint density at radius 2 is 2.07 bits per heavy atom. The fourth-order valence-corrected chi connectivity index (χ4v) is 1.79. The fraction of sp³-hybridized carbons (Fsp3) is 0.833. The molecule has 0 aromatic rings. The minimum Gasteiger partial charge on any atom is -0.377 e. The largest absolute Gasteiger partial charge is 0.377 e. The van der Waals surface area contributed by atoms with E-state index in [9.17, 15) is 0 Å². The topological polar surface area (TPSA) is 21.3 Å². The molecule has 0 aromatic carbocycles. The molecule has 0 unspecified atom stereocenters. The van der Waals surface area contributed by atoms with Crippen molar-refractivity contribution in [3.63, 3.8) is 0 Å². The van der Waals surface area contributed by atoms with Crippen molar-refractivity contribution in [1.82, 2.24) is 5.32 Å². The van der Waals surface area contributed by atoms with Crippen molar-refractivity contribution in [2.45, 2.75) is 44.6 Å². The van der Waals surface area contributed by atoms with E-state index in [4.69, 9.17) is 11.2 Å². The van der Waals surface area contributed by atoms with Crippen LogP contribution in [-0.2, 0) is 4.74 Å². The Labute approximate surface area is 87.4 Å². The van der Waals surface area contributed by atoms with Gasteiger partial charge in [-0.15, -0.1) is 12.3 Å². The molecule has 2 nitrogen and oxygen atoms in total. The highest BCUT2D eigenvalue weighted by Gasteiger charge is 2.14. The monoisotopic (exact) mass is 195 g/mol. The predicted molar refractivity (Wildman–Crippen MR) is 59.1 cm³/mol. The highest BCUT2D eigenvalue weighted by Crippen LogP contribution is 2.20. The summed E-state index contributed by atoms with van der Waals surface area (Å²) in [6.45, 7) is 2.82. The SMILES string of the molecule is C#CCCCNCCOC1CCCC1. The molecule has 0 aromatic heterocycles. The minimum atomic E-state index is 0.544. The van der Waals surface area contributed by atoms with Crippen molar-refractivity contribution < 1.29 is 4.74 Å². The van der Waals surface area contributed by atoms with Gasteiger partial charge in [-0.25, -0.2) is 0 Å². The van der Waals surface area contributed by atoms with Crippen LogP contribution in [0.15, 0.2) is 0 Å². The average molecular weight is 195 g/mol. The normalized spacial score (nSPS) is 17.1. The lowest BCUT2D eigenvalue weighted by Crippen LogP contribution is -2.23. The quantitative estimate of drug-likeness (QED) is 0.495. The molecule has 1 rings (SSSR count). The molecule has 2 heteroatoms. The lowest BCUT2D eigenvalue weighted by atomic mass is 10.3. The van der Waals surface area contributed by atoms with Gasteiger partial charge in [0.1, 0.15) is 0 Å². The van der Waals surface area contributed by atoms with Crippen molar-refractivity contribution >= 4 is 0 Å². The Morgan fingerprint density at radius 3 is 2.79 bits per heavy atom. The number of hydrogen-bond donors (Lipinski definition) is 1. The van der Waals surface area contributed by atoms with Gasteiger partial charge >= 0.3 is 0 Å². The summed E-state index contributed by atoms with van der Waals surface area (Å²) >= 11 is 0. The Balaban J connectivity index is 1.78. The summed E-state index contributed by atoms with van der Waals surface area (Å²) in [5, 5.41) is 3.32. The van der Waals surface area contributed by atoms with E-state index in [1.54, 1.807) is 0 Å². The summed E-state index contributed by atoms with van der Waals surface area (Å²) in [6, 6.07) is 0. The van der Waals surface area contributed by atoms with E-state index >= 15 is 0 Å². The summed E-state index contributed by atoms with van der Waals surface area (Å²) in [5.41, 5.74) is 0. The molecular weight excluding hydrogens is 174 g/mol. The zero-order chi connectivity index (χ0) is 10.1. The maximum Gasteiger partial charge on any atom is 0.0594 e. The molecule has 0 radical (unpaired) electrons. The van der Waals surface area contributed by atoms with E-state index in [-0.39, 0.29) is 0 Å². The molecule has 80 valence electrons. The number of hydrogen-bond acceptors (Lipinski definition) is 2. The van der Waals surface area contributed by atoms with E-state index in [1.807, 2.05) is 0 Å². The Bertz CT molecular complexity index is 168. The van der Waals surface area contributed by atoms with Gasteiger partial charge in [-0.2, -0.15) is 0 Å². The van der Waals surface area contributed by atoms with Gasteiger partial charge < -0.3 is 10.1 Å². The smallest absolute Gasteiger partial charge is 0.0594 e. The van der Waals surface area contributed by atoms with Gasteiger partial charge in [0.15, 0.2) is 0 Å². The Morgan fingerprint density at radius 1 is 1.29 bits per heavy atom. The zero-order valence-electron chi connectivity index (χ0n) is 8.93. The standard InChI is InChI=1S/C12H21NO/c1-2-3-6-9-13-10-11-14-12-7-4-5-8-12/h1,12-13H,3-11H2. The van der Waals surface area contributed by atoms with Gasteiger partial charge in [0.05, 0.1) is 12.7 Å². The second-order valence-corrected chi connectivity index (χ2v) is 3.83. The third-order valence-corrected chi connectivity index (χ3v) is 2.61. The van der Waals surface area contributed by atoms with Crippen LogP contribution in [0.1, 0.15) is 38.5 Å². The van der Waals surface area contributed by atoms with E-state index in [1.165, 1.54) is 25.7 Å². The zero-order valence-corrected chi connectivity index (χ0v) is 8.93. The van der Waals surface area contributed by atoms with Crippen LogP contribution in [0.3, 0.4) is 0 Å². The van der Waals surface area contributed by atoms with Gasteiger partial charge in [0, 0.05) is 13.0 Å². The maximum absolute atomic E-state index is 5.71. The van der Waals surface area contributed by atoms with Crippen molar-refractivity contribution in [2.24, 2.45) is 0 Å². The molecule has 1 N–H and O–H groups in total. The van der Waals surface area contributed by atoms with Gasteiger partial charge in [-0.1, -0.05) is 12.8 Å². The molecule has 1 aliphatic rings. The minimum absolute atomic E-state index is 0.544. The van der Waals surface area contributed by atoms with E-state index in [0.29, 0.717) is 6.10 Å². The molecular formula is C12H21NO. The lowest BCUT2D eigenvalue weighted by Gasteiger charge is -2.11. The van der Waals surface area contributed by atoms with Crippen LogP contribution in [0.25, 0.3) is 0 Å². The summed E-state index contributed by atoms with van der Waals surface area (Å²) in [4.78, 5) is 0. The first-order valence-corrected chi connectivity index (χ1v) is 5.69. The molecule has 0 atom stereocenters. The molecule has 0 saturated heterocycles. The summed E-state index contributed by atoms with van der Waals surface area (Å²) < 4.78 is 5.71. The van der Waals surface area contributed by atoms with Gasteiger partial charge in [0.2, 0.25) is 0 Å². The third kappa shape index (κ3) is 5.26. The van der Waals surface area contributed by atoms with Crippen LogP contribution in [-0.4, -0.2) is 25.8 Å². The molecule has 1 aliphatic carbocycles. The molecule has 1 fully saturated rings. The van der Waals surface area contributed by atoms with Crippen LogP contribution in [0.2, 0.25) is 0 Å². The van der Waals surface area contributed by atoms with Crippen molar-refractivity contribution in [1.29, 1.82) is 0 Å². The summed E-state index contributed by atoms with van der Waals surface area (Å²) in [6.07, 6.45) is 12.9. The van der Waals surface area contributed by atoms with E-state index in [2.05, 4.69) is 11.2 Å². The first-order valence-electron chi connectivity index (χ1n) is 5.69. The van der Waals surface area contributed by atoms with E-state index < -0.39 is 0 Å². The number of terminal acetylenes is 1. The first kappa shape index (κ1) is 11.6. The third-order valence-electron chi connectivity index (χ3n) is 2.61. The molecule has 1 saturated carbocycles. The van der Waals surface area contributed by atoms with Crippen LogP contribution >= 0.6 is 0 Å². The van der Waals surface area contributed by atoms with Crippen LogP contribution in [0.4, 0.5) is 0 Å². The highest BCUT2D eigenvalue weighted by atomic mass is 16.5. The number of unbranched alkanes of at least 4 members (excludes halogenated alkanes) is 1. The highest BCUT2D eigenvalue weighted by molar-refractivity contribution is 4.83. The molecule has 14 heavy (non-hydrogen) atoms. The van der Waals surface area contributed by atoms with Crippen molar-refractivity contribution in [3.05, 3.63) is 0 Å². The number of rotatable bonds is 7. The van der Waals surface area contributed by atoms with Gasteiger partial charge in [0.25, 0.3) is 0 Å². The molecule has 0 heterocycles. The van der Waals surface area contributed by atoms with Gasteiger partial charge in [-0.3, -0.25) is 0 Å². The second-order valence-electron chi connectivity index (χ2n) is 3.83. The Hall–Kier alpha value is -0.520. The van der Waals surface area contributed by atoms with Crippen molar-refractivity contribution in [2.75, 3.05) is 19.7 Å². The second kappa shape index (κ2) is 7.84. The van der Waals surface area contributed by atoms with Gasteiger partial charge in [-0.05, 0) is 25.8 Å². The summed E-state index contributed by atoms with van der Waals surface area (Å²) in [5.74, 6) is 2.63. The van der Waals surface area contributed by atoms with Crippen LogP contribution in [0.5, 0.6) is 0 Å². The Kier molecular flexibility index (Phi) is 6.47. The van der Waals surface area contributed by atoms with Crippen LogP contribution in [0, 0.1) is 12.3 Å². The number of ether oxygens (including phenoxy) is 1. The fourth-order valence-electron chi connectivity index (χ4n) is 1.79. The van der Waals surface area contributed by atoms with Crippen molar-refractivity contribution in [3.8, 4) is 12.3 Å². The number of nitrogens with one attached hydrogen (secondary N) is 1. The maximum atomic E-state index is 5.71. The summed E-state index contributed by atoms with van der Waals surface area (Å²) in [7, 11) is 0. The van der Waals surface area contributed by atoms with E-state index in [0.717, 1.165) is 32.5 Å². The lowest BCUT2D eigenvalue weighted by molar-refractivity contribution is 0.0604.